The van der Waals surface area contributed by atoms with Crippen LogP contribution in [0.3, 0.4) is 0 Å². The van der Waals surface area contributed by atoms with Crippen molar-refractivity contribution in [2.45, 2.75) is 39.0 Å². The van der Waals surface area contributed by atoms with E-state index in [0.29, 0.717) is 17.8 Å². The molecule has 2 rings (SSSR count). The standard InChI is InChI=1S/C16H23N3O3/c1-13-11-14(19(21)22)7-8-15(13)17-16(20)12-18-9-5-3-2-4-6-10-18/h7-8,11H,2-6,9-10,12H2,1H3,(H,17,20)/p+1. The Morgan fingerprint density at radius 1 is 1.23 bits per heavy atom. The number of benzene rings is 1. The van der Waals surface area contributed by atoms with Gasteiger partial charge in [-0.1, -0.05) is 6.42 Å². The first-order chi connectivity index (χ1) is 10.6. The summed E-state index contributed by atoms with van der Waals surface area (Å²) in [5.41, 5.74) is 1.41. The number of carbonyl (C=O) groups is 1. The van der Waals surface area contributed by atoms with Crippen molar-refractivity contribution in [3.63, 3.8) is 0 Å². The summed E-state index contributed by atoms with van der Waals surface area (Å²) >= 11 is 0. The van der Waals surface area contributed by atoms with Crippen molar-refractivity contribution in [2.24, 2.45) is 0 Å². The monoisotopic (exact) mass is 306 g/mol. The minimum Gasteiger partial charge on any atom is -0.327 e. The Morgan fingerprint density at radius 2 is 1.86 bits per heavy atom. The minimum absolute atomic E-state index is 0.0208. The van der Waals surface area contributed by atoms with Crippen LogP contribution in [-0.2, 0) is 4.79 Å². The molecule has 1 heterocycles. The van der Waals surface area contributed by atoms with Crippen LogP contribution < -0.4 is 10.2 Å². The van der Waals surface area contributed by atoms with E-state index in [-0.39, 0.29) is 11.6 Å². The molecule has 0 saturated carbocycles. The zero-order chi connectivity index (χ0) is 15.9. The number of amides is 1. The van der Waals surface area contributed by atoms with E-state index >= 15 is 0 Å². The number of likely N-dealkylation sites (tertiary alicyclic amines) is 1. The number of quaternary nitrogens is 1. The van der Waals surface area contributed by atoms with E-state index in [1.807, 2.05) is 0 Å². The van der Waals surface area contributed by atoms with E-state index in [9.17, 15) is 14.9 Å². The van der Waals surface area contributed by atoms with Crippen molar-refractivity contribution in [1.82, 2.24) is 0 Å². The highest BCUT2D eigenvalue weighted by atomic mass is 16.6. The van der Waals surface area contributed by atoms with Crippen LogP contribution in [0.25, 0.3) is 0 Å². The zero-order valence-corrected chi connectivity index (χ0v) is 13.1. The van der Waals surface area contributed by atoms with Gasteiger partial charge in [-0.25, -0.2) is 0 Å². The van der Waals surface area contributed by atoms with Gasteiger partial charge in [0.1, 0.15) is 0 Å². The van der Waals surface area contributed by atoms with Crippen molar-refractivity contribution in [3.05, 3.63) is 33.9 Å². The fourth-order valence-electron chi connectivity index (χ4n) is 2.91. The number of hydrogen-bond acceptors (Lipinski definition) is 3. The Morgan fingerprint density at radius 3 is 2.45 bits per heavy atom. The van der Waals surface area contributed by atoms with Crippen molar-refractivity contribution in [1.29, 1.82) is 0 Å². The van der Waals surface area contributed by atoms with Crippen LogP contribution >= 0.6 is 0 Å². The topological polar surface area (TPSA) is 76.7 Å². The lowest BCUT2D eigenvalue weighted by Crippen LogP contribution is -3.13. The summed E-state index contributed by atoms with van der Waals surface area (Å²) < 4.78 is 0. The molecule has 0 bridgehead atoms. The van der Waals surface area contributed by atoms with Gasteiger partial charge in [0, 0.05) is 17.8 Å². The summed E-state index contributed by atoms with van der Waals surface area (Å²) in [7, 11) is 0. The molecule has 0 spiro atoms. The molecule has 1 amide bonds. The fraction of sp³-hybridized carbons (Fsp3) is 0.562. The largest absolute Gasteiger partial charge is 0.327 e. The normalized spacial score (nSPS) is 16.6. The van der Waals surface area contributed by atoms with Gasteiger partial charge < -0.3 is 10.2 Å². The number of rotatable bonds is 4. The van der Waals surface area contributed by atoms with Gasteiger partial charge in [0.15, 0.2) is 6.54 Å². The average Bonchev–Trinajstić information content (AvgIpc) is 2.43. The van der Waals surface area contributed by atoms with E-state index in [4.69, 9.17) is 0 Å². The van der Waals surface area contributed by atoms with E-state index in [0.717, 1.165) is 13.1 Å². The van der Waals surface area contributed by atoms with Crippen molar-refractivity contribution < 1.29 is 14.6 Å². The fourth-order valence-corrected chi connectivity index (χ4v) is 2.91. The number of non-ortho nitro benzene ring substituents is 1. The van der Waals surface area contributed by atoms with Crippen LogP contribution in [-0.4, -0.2) is 30.5 Å². The van der Waals surface area contributed by atoms with Gasteiger partial charge in [0.25, 0.3) is 11.6 Å². The molecule has 1 aliphatic heterocycles. The molecule has 1 fully saturated rings. The first-order valence-electron chi connectivity index (χ1n) is 7.95. The first-order valence-corrected chi connectivity index (χ1v) is 7.95. The van der Waals surface area contributed by atoms with Crippen LogP contribution in [0.1, 0.15) is 37.7 Å². The second-order valence-corrected chi connectivity index (χ2v) is 6.00. The number of nitrogens with zero attached hydrogens (tertiary/aromatic N) is 1. The van der Waals surface area contributed by atoms with Crippen LogP contribution in [0.5, 0.6) is 0 Å². The molecule has 1 aromatic rings. The van der Waals surface area contributed by atoms with E-state index < -0.39 is 4.92 Å². The van der Waals surface area contributed by atoms with Gasteiger partial charge in [0.05, 0.1) is 18.0 Å². The Bertz CT molecular complexity index is 537. The van der Waals surface area contributed by atoms with Crippen LogP contribution in [0.2, 0.25) is 0 Å². The second kappa shape index (κ2) is 7.89. The number of nitro benzene ring substituents is 1. The number of nitro groups is 1. The highest BCUT2D eigenvalue weighted by Crippen LogP contribution is 2.20. The number of hydrogen-bond donors (Lipinski definition) is 2. The van der Waals surface area contributed by atoms with Crippen molar-refractivity contribution in [3.8, 4) is 0 Å². The lowest BCUT2D eigenvalue weighted by atomic mass is 10.1. The van der Waals surface area contributed by atoms with Gasteiger partial charge in [-0.15, -0.1) is 0 Å². The summed E-state index contributed by atoms with van der Waals surface area (Å²) in [5, 5.41) is 13.6. The Kier molecular flexibility index (Phi) is 5.89. The number of nitrogens with one attached hydrogen (secondary N) is 2. The summed E-state index contributed by atoms with van der Waals surface area (Å²) in [5.74, 6) is -0.0208. The summed E-state index contributed by atoms with van der Waals surface area (Å²) in [6, 6.07) is 4.51. The van der Waals surface area contributed by atoms with Gasteiger partial charge in [-0.3, -0.25) is 14.9 Å². The molecule has 2 N–H and O–H groups in total. The summed E-state index contributed by atoms with van der Waals surface area (Å²) in [4.78, 5) is 23.8. The van der Waals surface area contributed by atoms with E-state index in [1.54, 1.807) is 13.0 Å². The maximum absolute atomic E-state index is 12.2. The highest BCUT2D eigenvalue weighted by molar-refractivity contribution is 5.92. The lowest BCUT2D eigenvalue weighted by molar-refractivity contribution is -0.892. The third-order valence-corrected chi connectivity index (χ3v) is 4.17. The molecule has 22 heavy (non-hydrogen) atoms. The van der Waals surface area contributed by atoms with E-state index in [1.165, 1.54) is 49.1 Å². The zero-order valence-electron chi connectivity index (χ0n) is 13.1. The SMILES string of the molecule is Cc1cc([N+](=O)[O-])ccc1NC(=O)C[NH+]1CCCCCCC1. The second-order valence-electron chi connectivity index (χ2n) is 6.00. The lowest BCUT2D eigenvalue weighted by Gasteiger charge is -2.21. The van der Waals surface area contributed by atoms with Crippen LogP contribution in [0.4, 0.5) is 11.4 Å². The highest BCUT2D eigenvalue weighted by Gasteiger charge is 2.17. The minimum atomic E-state index is -0.428. The molecule has 1 saturated heterocycles. The average molecular weight is 306 g/mol. The van der Waals surface area contributed by atoms with E-state index in [2.05, 4.69) is 5.32 Å². The Labute approximate surface area is 130 Å². The first kappa shape index (κ1) is 16.4. The van der Waals surface area contributed by atoms with Crippen LogP contribution in [0.15, 0.2) is 18.2 Å². The van der Waals surface area contributed by atoms with Gasteiger partial charge in [-0.2, -0.15) is 0 Å². The smallest absolute Gasteiger partial charge is 0.279 e. The quantitative estimate of drug-likeness (QED) is 0.656. The maximum Gasteiger partial charge on any atom is 0.279 e. The Hall–Kier alpha value is -1.95. The number of aryl methyl sites for hydroxylation is 1. The Balaban J connectivity index is 1.92. The maximum atomic E-state index is 12.2. The molecule has 0 atom stereocenters. The molecular weight excluding hydrogens is 282 g/mol. The molecule has 6 heteroatoms. The number of carbonyl (C=O) groups excluding carboxylic acids is 1. The molecule has 0 radical (unpaired) electrons. The summed E-state index contributed by atoms with van der Waals surface area (Å²) in [6.45, 7) is 4.33. The van der Waals surface area contributed by atoms with Gasteiger partial charge >= 0.3 is 0 Å². The molecule has 1 aromatic carbocycles. The molecular formula is C16H24N3O3+. The third-order valence-electron chi connectivity index (χ3n) is 4.17. The van der Waals surface area contributed by atoms with Crippen molar-refractivity contribution >= 4 is 17.3 Å². The molecule has 0 unspecified atom stereocenters. The number of anilines is 1. The molecule has 6 nitrogen and oxygen atoms in total. The molecule has 0 aromatic heterocycles. The molecule has 0 aliphatic carbocycles. The van der Waals surface area contributed by atoms with Gasteiger partial charge in [-0.05, 0) is 44.2 Å². The van der Waals surface area contributed by atoms with Crippen LogP contribution in [0, 0.1) is 17.0 Å². The van der Waals surface area contributed by atoms with Crippen molar-refractivity contribution in [2.75, 3.05) is 25.0 Å². The summed E-state index contributed by atoms with van der Waals surface area (Å²) in [6.07, 6.45) is 6.18. The molecule has 1 aliphatic rings. The predicted molar refractivity (Wildman–Crippen MR) is 85.1 cm³/mol. The van der Waals surface area contributed by atoms with Gasteiger partial charge in [0.2, 0.25) is 0 Å². The molecule has 120 valence electrons. The predicted octanol–water partition coefficient (Wildman–Crippen LogP) is 1.69. The third kappa shape index (κ3) is 4.80.